The maximum atomic E-state index is 12.3. The summed E-state index contributed by atoms with van der Waals surface area (Å²) in [5.41, 5.74) is -0.306. The summed E-state index contributed by atoms with van der Waals surface area (Å²) in [7, 11) is 0. The van der Waals surface area contributed by atoms with Gasteiger partial charge in [0.15, 0.2) is 0 Å². The van der Waals surface area contributed by atoms with Gasteiger partial charge in [-0.15, -0.1) is 0 Å². The lowest BCUT2D eigenvalue weighted by Gasteiger charge is -2.27. The van der Waals surface area contributed by atoms with E-state index in [-0.39, 0.29) is 35.5 Å². The minimum absolute atomic E-state index is 0.0598. The van der Waals surface area contributed by atoms with E-state index in [1.807, 2.05) is 41.5 Å². The zero-order valence-corrected chi connectivity index (χ0v) is 15.7. The molecule has 1 aliphatic rings. The smallest absolute Gasteiger partial charge is 0.312 e. The van der Waals surface area contributed by atoms with Crippen molar-refractivity contribution in [2.45, 2.75) is 92.3 Å². The summed E-state index contributed by atoms with van der Waals surface area (Å²) in [5.74, 6) is 0.221. The van der Waals surface area contributed by atoms with Crippen molar-refractivity contribution in [1.82, 2.24) is 0 Å². The van der Waals surface area contributed by atoms with Gasteiger partial charge in [-0.3, -0.25) is 9.59 Å². The average Bonchev–Trinajstić information content (AvgIpc) is 2.92. The first-order chi connectivity index (χ1) is 10.7. The summed E-state index contributed by atoms with van der Waals surface area (Å²) in [5, 5.41) is 0. The van der Waals surface area contributed by atoms with Gasteiger partial charge in [-0.25, -0.2) is 0 Å². The predicted molar refractivity (Wildman–Crippen MR) is 90.9 cm³/mol. The van der Waals surface area contributed by atoms with Gasteiger partial charge in [0.25, 0.3) is 0 Å². The van der Waals surface area contributed by atoms with Gasteiger partial charge < -0.3 is 9.47 Å². The van der Waals surface area contributed by atoms with E-state index >= 15 is 0 Å². The van der Waals surface area contributed by atoms with Gasteiger partial charge in [0.1, 0.15) is 12.2 Å². The molecule has 0 aromatic rings. The molecule has 0 saturated heterocycles. The number of ether oxygens (including phenoxy) is 2. The molecule has 0 N–H and O–H groups in total. The summed E-state index contributed by atoms with van der Waals surface area (Å²) in [6.07, 6.45) is 4.88. The minimum Gasteiger partial charge on any atom is -0.462 e. The summed E-state index contributed by atoms with van der Waals surface area (Å²) in [6, 6.07) is 0. The molecule has 0 amide bonds. The molecule has 23 heavy (non-hydrogen) atoms. The van der Waals surface area contributed by atoms with Crippen LogP contribution < -0.4 is 0 Å². The van der Waals surface area contributed by atoms with Crippen molar-refractivity contribution in [2.24, 2.45) is 17.3 Å². The monoisotopic (exact) mass is 326 g/mol. The van der Waals surface area contributed by atoms with Crippen molar-refractivity contribution in [2.75, 3.05) is 0 Å². The van der Waals surface area contributed by atoms with Gasteiger partial charge in [0.05, 0.1) is 5.41 Å². The van der Waals surface area contributed by atoms with Gasteiger partial charge in [-0.2, -0.15) is 0 Å². The zero-order chi connectivity index (χ0) is 17.6. The van der Waals surface area contributed by atoms with Crippen LogP contribution in [0.4, 0.5) is 0 Å². The molecular weight excluding hydrogens is 292 g/mol. The van der Waals surface area contributed by atoms with Gasteiger partial charge in [0, 0.05) is 6.42 Å². The molecule has 0 aromatic heterocycles. The third-order valence-corrected chi connectivity index (χ3v) is 5.35. The number of carbonyl (C=O) groups excluding carboxylic acids is 2. The van der Waals surface area contributed by atoms with Gasteiger partial charge in [-0.1, -0.05) is 33.6 Å². The topological polar surface area (TPSA) is 52.6 Å². The Bertz CT molecular complexity index is 396. The standard InChI is InChI=1S/C19H34O4/c1-13(2)15(4)22-17(20)10-9-14(3)16(5)23-18(21)19(6)11-7-8-12-19/h13-16H,7-12H2,1-6H3. The van der Waals surface area contributed by atoms with Crippen LogP contribution in [0.1, 0.15) is 80.1 Å². The van der Waals surface area contributed by atoms with Crippen molar-refractivity contribution in [3.05, 3.63) is 0 Å². The molecule has 0 spiro atoms. The summed E-state index contributed by atoms with van der Waals surface area (Å²) >= 11 is 0. The molecular formula is C19H34O4. The Balaban J connectivity index is 2.35. The van der Waals surface area contributed by atoms with Crippen molar-refractivity contribution in [3.63, 3.8) is 0 Å². The number of carbonyl (C=O) groups is 2. The second-order valence-electron chi connectivity index (χ2n) is 7.83. The molecule has 0 radical (unpaired) electrons. The Labute approximate surface area is 141 Å². The molecule has 0 aliphatic heterocycles. The van der Waals surface area contributed by atoms with Crippen molar-refractivity contribution >= 4 is 11.9 Å². The fourth-order valence-corrected chi connectivity index (χ4v) is 2.77. The normalized spacial score (nSPS) is 20.8. The maximum absolute atomic E-state index is 12.3. The Hall–Kier alpha value is -1.06. The lowest BCUT2D eigenvalue weighted by Crippen LogP contribution is -2.32. The summed E-state index contributed by atoms with van der Waals surface area (Å²) in [4.78, 5) is 24.2. The first-order valence-corrected chi connectivity index (χ1v) is 9.06. The summed E-state index contributed by atoms with van der Waals surface area (Å²) in [6.45, 7) is 11.9. The van der Waals surface area contributed by atoms with E-state index in [9.17, 15) is 9.59 Å². The Morgan fingerprint density at radius 3 is 2.04 bits per heavy atom. The van der Waals surface area contributed by atoms with Crippen molar-refractivity contribution in [3.8, 4) is 0 Å². The fourth-order valence-electron chi connectivity index (χ4n) is 2.77. The minimum atomic E-state index is -0.306. The van der Waals surface area contributed by atoms with E-state index in [0.29, 0.717) is 18.8 Å². The van der Waals surface area contributed by atoms with Crippen LogP contribution in [0.5, 0.6) is 0 Å². The molecule has 1 aliphatic carbocycles. The number of hydrogen-bond donors (Lipinski definition) is 0. The maximum Gasteiger partial charge on any atom is 0.312 e. The molecule has 1 rings (SSSR count). The third kappa shape index (κ3) is 6.15. The molecule has 0 aromatic carbocycles. The largest absolute Gasteiger partial charge is 0.462 e. The van der Waals surface area contributed by atoms with Crippen LogP contribution in [0.2, 0.25) is 0 Å². The fraction of sp³-hybridized carbons (Fsp3) is 0.895. The van der Waals surface area contributed by atoms with Crippen LogP contribution in [-0.4, -0.2) is 24.1 Å². The number of rotatable bonds is 8. The molecule has 4 heteroatoms. The molecule has 3 unspecified atom stereocenters. The van der Waals surface area contributed by atoms with Crippen LogP contribution in [0, 0.1) is 17.3 Å². The van der Waals surface area contributed by atoms with Crippen molar-refractivity contribution in [1.29, 1.82) is 0 Å². The van der Waals surface area contributed by atoms with Gasteiger partial charge >= 0.3 is 11.9 Å². The molecule has 0 bridgehead atoms. The van der Waals surface area contributed by atoms with E-state index in [4.69, 9.17) is 9.47 Å². The van der Waals surface area contributed by atoms with Crippen LogP contribution in [0.25, 0.3) is 0 Å². The van der Waals surface area contributed by atoms with Crippen LogP contribution >= 0.6 is 0 Å². The second kappa shape index (κ2) is 8.70. The highest BCUT2D eigenvalue weighted by molar-refractivity contribution is 5.76. The van der Waals surface area contributed by atoms with Gasteiger partial charge in [0.2, 0.25) is 0 Å². The summed E-state index contributed by atoms with van der Waals surface area (Å²) < 4.78 is 11.0. The Morgan fingerprint density at radius 2 is 1.52 bits per heavy atom. The Kier molecular flexibility index (Phi) is 7.56. The van der Waals surface area contributed by atoms with Crippen LogP contribution in [0.3, 0.4) is 0 Å². The molecule has 3 atom stereocenters. The Morgan fingerprint density at radius 1 is 0.957 bits per heavy atom. The molecule has 1 fully saturated rings. The third-order valence-electron chi connectivity index (χ3n) is 5.35. The highest BCUT2D eigenvalue weighted by atomic mass is 16.5. The van der Waals surface area contributed by atoms with Crippen LogP contribution in [-0.2, 0) is 19.1 Å². The van der Waals surface area contributed by atoms with E-state index in [0.717, 1.165) is 25.7 Å². The predicted octanol–water partition coefficient (Wildman–Crippen LogP) is 4.50. The number of esters is 2. The molecule has 134 valence electrons. The van der Waals surface area contributed by atoms with Gasteiger partial charge in [-0.05, 0) is 51.9 Å². The molecule has 0 heterocycles. The first-order valence-electron chi connectivity index (χ1n) is 9.06. The van der Waals surface area contributed by atoms with E-state index in [1.54, 1.807) is 0 Å². The van der Waals surface area contributed by atoms with E-state index in [1.165, 1.54) is 0 Å². The van der Waals surface area contributed by atoms with Crippen LogP contribution in [0.15, 0.2) is 0 Å². The molecule has 1 saturated carbocycles. The highest BCUT2D eigenvalue weighted by Crippen LogP contribution is 2.39. The number of hydrogen-bond acceptors (Lipinski definition) is 4. The van der Waals surface area contributed by atoms with Crippen molar-refractivity contribution < 1.29 is 19.1 Å². The van der Waals surface area contributed by atoms with E-state index < -0.39 is 0 Å². The SMILES string of the molecule is CC(C)C(C)OC(=O)CCC(C)C(C)OC(=O)C1(C)CCCC1. The second-order valence-corrected chi connectivity index (χ2v) is 7.83. The average molecular weight is 326 g/mol. The first kappa shape index (κ1) is 20.0. The zero-order valence-electron chi connectivity index (χ0n) is 15.7. The van der Waals surface area contributed by atoms with E-state index in [2.05, 4.69) is 0 Å². The molecule has 4 nitrogen and oxygen atoms in total. The highest BCUT2D eigenvalue weighted by Gasteiger charge is 2.38. The quantitative estimate of drug-likeness (QED) is 0.616. The lowest BCUT2D eigenvalue weighted by molar-refractivity contribution is -0.162. The lowest BCUT2D eigenvalue weighted by atomic mass is 9.89.